The lowest BCUT2D eigenvalue weighted by Gasteiger charge is -2.21. The normalized spacial score (nSPS) is 15.2. The molecule has 0 aliphatic heterocycles. The maximum absolute atomic E-state index is 13.0. The Morgan fingerprint density at radius 1 is 0.322 bits per heavy atom. The number of ether oxygens (including phenoxy) is 4. The van der Waals surface area contributed by atoms with Crippen molar-refractivity contribution in [2.24, 2.45) is 17.8 Å². The molecule has 5 unspecified atom stereocenters. The minimum Gasteiger partial charge on any atom is -0.462 e. The van der Waals surface area contributed by atoms with Crippen molar-refractivity contribution in [1.29, 1.82) is 0 Å². The number of phosphoric ester groups is 2. The SMILES string of the molecule is CCCCCCCC(=O)OC[C@H](COP(=O)(O)OC[C@H](O)COP(=O)(O)OC[C@@H](COC(=O)CCCCCCCCCCCCC(C)CC)OC(=O)CCCCCCCCCCCCC(C)CC)OC(=O)CCCCCCCCCCCCC(C)CC. The minimum atomic E-state index is -4.95. The number of phosphoric acid groups is 2. The highest BCUT2D eigenvalue weighted by molar-refractivity contribution is 7.47. The molecule has 0 amide bonds. The van der Waals surface area contributed by atoms with Crippen molar-refractivity contribution in [2.45, 2.75) is 356 Å². The van der Waals surface area contributed by atoms with Crippen LogP contribution in [0.5, 0.6) is 0 Å². The fourth-order valence-electron chi connectivity index (χ4n) is 10.1. The lowest BCUT2D eigenvalue weighted by molar-refractivity contribution is -0.161. The van der Waals surface area contributed by atoms with E-state index < -0.39 is 97.5 Å². The predicted octanol–water partition coefficient (Wildman–Crippen LogP) is 19.1. The minimum absolute atomic E-state index is 0.105. The summed E-state index contributed by atoms with van der Waals surface area (Å²) in [6, 6.07) is 0. The van der Waals surface area contributed by atoms with E-state index in [0.29, 0.717) is 25.7 Å². The van der Waals surface area contributed by atoms with Crippen LogP contribution in [0.2, 0.25) is 0 Å². The van der Waals surface area contributed by atoms with Crippen molar-refractivity contribution in [3.8, 4) is 0 Å². The quantitative estimate of drug-likeness (QED) is 0.0222. The zero-order chi connectivity index (χ0) is 64.5. The van der Waals surface area contributed by atoms with E-state index in [4.69, 9.17) is 37.0 Å². The van der Waals surface area contributed by atoms with Crippen LogP contribution >= 0.6 is 15.6 Å². The average Bonchev–Trinajstić information content (AvgIpc) is 3.64. The number of carbonyl (C=O) groups excluding carboxylic acids is 4. The van der Waals surface area contributed by atoms with Gasteiger partial charge in [-0.15, -0.1) is 0 Å². The second-order valence-corrected chi connectivity index (χ2v) is 28.2. The number of esters is 4. The molecule has 516 valence electrons. The van der Waals surface area contributed by atoms with E-state index in [-0.39, 0.29) is 25.7 Å². The smallest absolute Gasteiger partial charge is 0.462 e. The summed E-state index contributed by atoms with van der Waals surface area (Å²) in [5.74, 6) is 0.276. The van der Waals surface area contributed by atoms with Gasteiger partial charge in [0.15, 0.2) is 12.2 Å². The van der Waals surface area contributed by atoms with Crippen LogP contribution in [0.15, 0.2) is 0 Å². The molecular weight excluding hydrogens is 1150 g/mol. The Hall–Kier alpha value is -1.94. The van der Waals surface area contributed by atoms with Crippen molar-refractivity contribution in [1.82, 2.24) is 0 Å². The molecule has 3 N–H and O–H groups in total. The molecule has 19 heteroatoms. The lowest BCUT2D eigenvalue weighted by atomic mass is 9.99. The number of rotatable bonds is 66. The third-order valence-electron chi connectivity index (χ3n) is 16.7. The third-order valence-corrected chi connectivity index (χ3v) is 18.6. The highest BCUT2D eigenvalue weighted by Crippen LogP contribution is 2.45. The van der Waals surface area contributed by atoms with Gasteiger partial charge in [0, 0.05) is 25.7 Å². The van der Waals surface area contributed by atoms with E-state index in [1.807, 2.05) is 0 Å². The summed E-state index contributed by atoms with van der Waals surface area (Å²) in [6.45, 7) is 11.8. The van der Waals surface area contributed by atoms with Crippen molar-refractivity contribution >= 4 is 39.5 Å². The van der Waals surface area contributed by atoms with E-state index in [2.05, 4.69) is 48.5 Å². The molecule has 0 radical (unpaired) electrons. The first kappa shape index (κ1) is 85.1. The van der Waals surface area contributed by atoms with Crippen LogP contribution in [-0.2, 0) is 65.4 Å². The molecule has 0 spiro atoms. The number of unbranched alkanes of at least 4 members (excludes halogenated alkanes) is 31. The molecule has 0 bridgehead atoms. The molecule has 0 aromatic heterocycles. The van der Waals surface area contributed by atoms with Crippen molar-refractivity contribution < 1.29 is 80.2 Å². The summed E-state index contributed by atoms with van der Waals surface area (Å²) in [6.07, 6.45) is 41.8. The average molecular weight is 1280 g/mol. The molecule has 0 aliphatic rings. The summed E-state index contributed by atoms with van der Waals surface area (Å²) in [7, 11) is -9.89. The molecular formula is C68H132O17P2. The monoisotopic (exact) mass is 1280 g/mol. The molecule has 0 heterocycles. The summed E-state index contributed by atoms with van der Waals surface area (Å²) in [4.78, 5) is 72.2. The number of hydrogen-bond donors (Lipinski definition) is 3. The molecule has 8 atom stereocenters. The van der Waals surface area contributed by atoms with E-state index >= 15 is 0 Å². The molecule has 0 rings (SSSR count). The van der Waals surface area contributed by atoms with E-state index in [9.17, 15) is 43.2 Å². The van der Waals surface area contributed by atoms with E-state index in [1.54, 1.807) is 0 Å². The molecule has 87 heavy (non-hydrogen) atoms. The zero-order valence-corrected chi connectivity index (χ0v) is 58.3. The number of carbonyl (C=O) groups is 4. The van der Waals surface area contributed by atoms with Crippen molar-refractivity contribution in [3.05, 3.63) is 0 Å². The number of hydrogen-bond acceptors (Lipinski definition) is 15. The van der Waals surface area contributed by atoms with Crippen LogP contribution in [0.1, 0.15) is 337 Å². The van der Waals surface area contributed by atoms with Gasteiger partial charge in [0.2, 0.25) is 0 Å². The van der Waals surface area contributed by atoms with E-state index in [1.165, 1.54) is 141 Å². The van der Waals surface area contributed by atoms with Gasteiger partial charge >= 0.3 is 39.5 Å². The van der Waals surface area contributed by atoms with Gasteiger partial charge in [0.05, 0.1) is 26.4 Å². The van der Waals surface area contributed by atoms with Gasteiger partial charge in [-0.05, 0) is 43.4 Å². The molecule has 0 saturated heterocycles. The third kappa shape index (κ3) is 58.9. The molecule has 0 fully saturated rings. The second kappa shape index (κ2) is 59.1. The Labute approximate surface area is 530 Å². The lowest BCUT2D eigenvalue weighted by Crippen LogP contribution is -2.30. The highest BCUT2D eigenvalue weighted by Gasteiger charge is 2.30. The Kier molecular flexibility index (Phi) is 57.8. The Morgan fingerprint density at radius 3 is 0.816 bits per heavy atom. The Balaban J connectivity index is 5.18. The first-order chi connectivity index (χ1) is 41.8. The highest BCUT2D eigenvalue weighted by atomic mass is 31.2. The van der Waals surface area contributed by atoms with Crippen LogP contribution in [0.3, 0.4) is 0 Å². The van der Waals surface area contributed by atoms with Crippen LogP contribution in [-0.4, -0.2) is 96.7 Å². The first-order valence-electron chi connectivity index (χ1n) is 35.5. The van der Waals surface area contributed by atoms with Crippen molar-refractivity contribution in [2.75, 3.05) is 39.6 Å². The maximum Gasteiger partial charge on any atom is 0.472 e. The topological polar surface area (TPSA) is 237 Å². The maximum atomic E-state index is 13.0. The van der Waals surface area contributed by atoms with Gasteiger partial charge in [0.25, 0.3) is 0 Å². The summed E-state index contributed by atoms with van der Waals surface area (Å²) >= 11 is 0. The standard InChI is InChI=1S/C68H132O17P2/c1-8-12-13-32-42-49-65(70)78-55-63(84-67(72)51-44-37-30-24-18-15-21-27-34-40-47-60(6)10-3)57-82-86(74,75)80-53-62(69)54-81-87(76,77)83-58-64(85-68(73)52-45-38-31-25-19-16-22-28-35-41-48-61(7)11-4)56-79-66(71)50-43-36-29-23-17-14-20-26-33-39-46-59(5)9-2/h59-64,69H,8-58H2,1-7H3,(H,74,75)(H,76,77)/t59?,60?,61?,62-,63+,64+/m0/s1. The predicted molar refractivity (Wildman–Crippen MR) is 349 cm³/mol. The fourth-order valence-corrected chi connectivity index (χ4v) is 11.7. The van der Waals surface area contributed by atoms with Gasteiger partial charge in [-0.2, -0.15) is 0 Å². The molecule has 0 aromatic carbocycles. The zero-order valence-electron chi connectivity index (χ0n) is 56.5. The summed E-state index contributed by atoms with van der Waals surface area (Å²) in [5.41, 5.74) is 0. The Bertz CT molecular complexity index is 1720. The molecule has 0 aromatic rings. The van der Waals surface area contributed by atoms with Gasteiger partial charge < -0.3 is 33.8 Å². The van der Waals surface area contributed by atoms with E-state index in [0.717, 1.165) is 114 Å². The Morgan fingerprint density at radius 2 is 0.552 bits per heavy atom. The summed E-state index contributed by atoms with van der Waals surface area (Å²) in [5, 5.41) is 10.5. The largest absolute Gasteiger partial charge is 0.472 e. The number of aliphatic hydroxyl groups is 1. The van der Waals surface area contributed by atoms with Crippen molar-refractivity contribution in [3.63, 3.8) is 0 Å². The van der Waals surface area contributed by atoms with Gasteiger partial charge in [-0.1, -0.05) is 286 Å². The van der Waals surface area contributed by atoms with Crippen LogP contribution in [0.25, 0.3) is 0 Å². The molecule has 17 nitrogen and oxygen atoms in total. The fraction of sp³-hybridized carbons (Fsp3) is 0.941. The van der Waals surface area contributed by atoms with Gasteiger partial charge in [-0.3, -0.25) is 37.3 Å². The molecule has 0 saturated carbocycles. The van der Waals surface area contributed by atoms with Crippen LogP contribution < -0.4 is 0 Å². The van der Waals surface area contributed by atoms with Crippen LogP contribution in [0, 0.1) is 17.8 Å². The first-order valence-corrected chi connectivity index (χ1v) is 38.5. The van der Waals surface area contributed by atoms with Crippen LogP contribution in [0.4, 0.5) is 0 Å². The molecule has 0 aliphatic carbocycles. The second-order valence-electron chi connectivity index (χ2n) is 25.3. The number of aliphatic hydroxyl groups excluding tert-OH is 1. The van der Waals surface area contributed by atoms with Gasteiger partial charge in [-0.25, -0.2) is 9.13 Å². The van der Waals surface area contributed by atoms with Gasteiger partial charge in [0.1, 0.15) is 19.3 Å². The summed E-state index contributed by atoms with van der Waals surface area (Å²) < 4.78 is 68.0.